The van der Waals surface area contributed by atoms with E-state index in [4.69, 9.17) is 9.47 Å². The van der Waals surface area contributed by atoms with Crippen LogP contribution in [0.2, 0.25) is 0 Å². The molecule has 0 unspecified atom stereocenters. The lowest BCUT2D eigenvalue weighted by molar-refractivity contribution is -0.128. The minimum atomic E-state index is 0.101. The molecule has 0 radical (unpaired) electrons. The third-order valence-electron chi connectivity index (χ3n) is 4.43. The van der Waals surface area contributed by atoms with Crippen LogP contribution in [0, 0.1) is 0 Å². The van der Waals surface area contributed by atoms with Crippen molar-refractivity contribution in [3.8, 4) is 11.5 Å². The summed E-state index contributed by atoms with van der Waals surface area (Å²) in [6.45, 7) is 3.18. The smallest absolute Gasteiger partial charge is 0.233 e. The van der Waals surface area contributed by atoms with E-state index in [0.717, 1.165) is 21.4 Å². The number of fused-ring (bicyclic) bond motifs is 1. The summed E-state index contributed by atoms with van der Waals surface area (Å²) in [5, 5.41) is 0. The highest BCUT2D eigenvalue weighted by Gasteiger charge is 2.17. The first kappa shape index (κ1) is 20.6. The molecule has 2 aromatic carbocycles. The molecule has 148 valence electrons. The van der Waals surface area contributed by atoms with Crippen molar-refractivity contribution >= 4 is 39.5 Å². The highest BCUT2D eigenvalue weighted by Crippen LogP contribution is 2.34. The van der Waals surface area contributed by atoms with Crippen LogP contribution in [0.25, 0.3) is 0 Å². The van der Waals surface area contributed by atoms with Gasteiger partial charge in [-0.1, -0.05) is 47.8 Å². The van der Waals surface area contributed by atoms with Gasteiger partial charge in [0.2, 0.25) is 5.91 Å². The summed E-state index contributed by atoms with van der Waals surface area (Å²) in [4.78, 5) is 19.2. The van der Waals surface area contributed by atoms with Crippen LogP contribution in [0.3, 0.4) is 0 Å². The minimum Gasteiger partial charge on any atom is -0.493 e. The van der Waals surface area contributed by atoms with Gasteiger partial charge in [-0.05, 0) is 36.2 Å². The number of carbonyl (C=O) groups is 1. The van der Waals surface area contributed by atoms with Crippen LogP contribution in [-0.4, -0.2) is 41.7 Å². The molecule has 1 aliphatic heterocycles. The lowest BCUT2D eigenvalue weighted by atomic mass is 10.2. The number of hydrogen-bond acceptors (Lipinski definition) is 6. The molecule has 0 fully saturated rings. The summed E-state index contributed by atoms with van der Waals surface area (Å²) in [7, 11) is 3.22. The van der Waals surface area contributed by atoms with E-state index in [1.807, 2.05) is 48.2 Å². The number of aliphatic imine (C=N–C) groups is 1. The lowest BCUT2D eigenvalue weighted by Crippen LogP contribution is -2.32. The molecule has 0 spiro atoms. The Balaban J connectivity index is 1.61. The number of thioether (sulfide) groups is 2. The monoisotopic (exact) mass is 416 g/mol. The van der Waals surface area contributed by atoms with Gasteiger partial charge < -0.3 is 14.4 Å². The fourth-order valence-corrected chi connectivity index (χ4v) is 4.84. The van der Waals surface area contributed by atoms with Crippen molar-refractivity contribution in [3.63, 3.8) is 0 Å². The SMILES string of the molecule is CCN(Cc1ccc(OC)c(OC)c1)C(=O)CSC1=Nc2ccccc2CS1. The lowest BCUT2D eigenvalue weighted by Gasteiger charge is -2.22. The maximum atomic E-state index is 12.7. The zero-order chi connectivity index (χ0) is 19.9. The van der Waals surface area contributed by atoms with E-state index in [1.165, 1.54) is 17.3 Å². The molecule has 0 aliphatic carbocycles. The first-order chi connectivity index (χ1) is 13.6. The van der Waals surface area contributed by atoms with Gasteiger partial charge in [0.05, 0.1) is 25.7 Å². The van der Waals surface area contributed by atoms with Gasteiger partial charge in [-0.3, -0.25) is 4.79 Å². The van der Waals surface area contributed by atoms with Gasteiger partial charge in [-0.15, -0.1) is 0 Å². The van der Waals surface area contributed by atoms with Crippen molar-refractivity contribution in [1.82, 2.24) is 4.90 Å². The van der Waals surface area contributed by atoms with Gasteiger partial charge in [0, 0.05) is 18.8 Å². The van der Waals surface area contributed by atoms with E-state index < -0.39 is 0 Å². The average Bonchev–Trinajstić information content (AvgIpc) is 2.75. The molecule has 0 aromatic heterocycles. The number of para-hydroxylation sites is 1. The van der Waals surface area contributed by atoms with Crippen molar-refractivity contribution in [2.45, 2.75) is 19.2 Å². The largest absolute Gasteiger partial charge is 0.493 e. The van der Waals surface area contributed by atoms with E-state index in [9.17, 15) is 4.79 Å². The Labute approximate surface area is 174 Å². The van der Waals surface area contributed by atoms with Gasteiger partial charge in [-0.25, -0.2) is 4.99 Å². The summed E-state index contributed by atoms with van der Waals surface area (Å²) in [6, 6.07) is 13.9. The van der Waals surface area contributed by atoms with Crippen LogP contribution in [-0.2, 0) is 17.1 Å². The van der Waals surface area contributed by atoms with Gasteiger partial charge in [0.1, 0.15) is 4.38 Å². The molecule has 0 saturated heterocycles. The Morgan fingerprint density at radius 1 is 1.18 bits per heavy atom. The van der Waals surface area contributed by atoms with Crippen LogP contribution in [0.1, 0.15) is 18.1 Å². The van der Waals surface area contributed by atoms with Crippen LogP contribution >= 0.6 is 23.5 Å². The number of methoxy groups -OCH3 is 2. The maximum Gasteiger partial charge on any atom is 0.233 e. The molecular formula is C21H24N2O3S2. The number of amides is 1. The van der Waals surface area contributed by atoms with Crippen molar-refractivity contribution in [3.05, 3.63) is 53.6 Å². The van der Waals surface area contributed by atoms with E-state index in [1.54, 1.807) is 26.0 Å². The highest BCUT2D eigenvalue weighted by atomic mass is 32.2. The second kappa shape index (κ2) is 9.89. The zero-order valence-corrected chi connectivity index (χ0v) is 17.9. The Bertz CT molecular complexity index is 870. The van der Waals surface area contributed by atoms with Crippen LogP contribution in [0.4, 0.5) is 5.69 Å². The number of benzene rings is 2. The zero-order valence-electron chi connectivity index (χ0n) is 16.3. The van der Waals surface area contributed by atoms with Gasteiger partial charge in [-0.2, -0.15) is 0 Å². The summed E-state index contributed by atoms with van der Waals surface area (Å²) < 4.78 is 11.6. The average molecular weight is 417 g/mol. The number of ether oxygens (including phenoxy) is 2. The maximum absolute atomic E-state index is 12.7. The van der Waals surface area contributed by atoms with Gasteiger partial charge >= 0.3 is 0 Å². The van der Waals surface area contributed by atoms with Crippen molar-refractivity contribution in [1.29, 1.82) is 0 Å². The third-order valence-corrected chi connectivity index (χ3v) is 6.66. The molecule has 2 aromatic rings. The van der Waals surface area contributed by atoms with Crippen LogP contribution < -0.4 is 9.47 Å². The Hall–Kier alpha value is -2.12. The molecule has 1 aliphatic rings. The summed E-state index contributed by atoms with van der Waals surface area (Å²) >= 11 is 3.21. The molecule has 0 bridgehead atoms. The normalized spacial score (nSPS) is 12.8. The topological polar surface area (TPSA) is 51.1 Å². The predicted octanol–water partition coefficient (Wildman–Crippen LogP) is 4.72. The van der Waals surface area contributed by atoms with E-state index in [2.05, 4.69) is 11.1 Å². The number of carbonyl (C=O) groups excluding carboxylic acids is 1. The van der Waals surface area contributed by atoms with Crippen molar-refractivity contribution in [2.24, 2.45) is 4.99 Å². The first-order valence-corrected chi connectivity index (χ1v) is 11.0. The molecule has 7 heteroatoms. The fourth-order valence-electron chi connectivity index (χ4n) is 2.88. The van der Waals surface area contributed by atoms with Crippen molar-refractivity contribution in [2.75, 3.05) is 26.5 Å². The summed E-state index contributed by atoms with van der Waals surface area (Å²) in [6.07, 6.45) is 0. The Morgan fingerprint density at radius 3 is 2.71 bits per heavy atom. The molecule has 1 amide bonds. The molecule has 1 heterocycles. The molecule has 0 N–H and O–H groups in total. The molecule has 3 rings (SSSR count). The van der Waals surface area contributed by atoms with Crippen molar-refractivity contribution < 1.29 is 14.3 Å². The Kier molecular flexibility index (Phi) is 7.28. The minimum absolute atomic E-state index is 0.101. The molecular weight excluding hydrogens is 392 g/mol. The second-order valence-electron chi connectivity index (χ2n) is 6.18. The van der Waals surface area contributed by atoms with Gasteiger partial charge in [0.15, 0.2) is 11.5 Å². The Morgan fingerprint density at radius 2 is 1.96 bits per heavy atom. The summed E-state index contributed by atoms with van der Waals surface area (Å²) in [5.74, 6) is 2.74. The van der Waals surface area contributed by atoms with Gasteiger partial charge in [0.25, 0.3) is 0 Å². The quantitative estimate of drug-likeness (QED) is 0.654. The highest BCUT2D eigenvalue weighted by molar-refractivity contribution is 8.38. The molecule has 0 saturated carbocycles. The first-order valence-electron chi connectivity index (χ1n) is 9.05. The standard InChI is InChI=1S/C21H24N2O3S2/c1-4-23(12-15-9-10-18(25-2)19(11-15)26-3)20(24)14-28-21-22-17-8-6-5-7-16(17)13-27-21/h5-11H,4,12-14H2,1-3H3. The number of rotatable bonds is 7. The number of hydrogen-bond donors (Lipinski definition) is 0. The van der Waals surface area contributed by atoms with E-state index >= 15 is 0 Å². The van der Waals surface area contributed by atoms with E-state index in [-0.39, 0.29) is 5.91 Å². The fraction of sp³-hybridized carbons (Fsp3) is 0.333. The molecule has 0 atom stereocenters. The summed E-state index contributed by atoms with van der Waals surface area (Å²) in [5.41, 5.74) is 3.26. The predicted molar refractivity (Wildman–Crippen MR) is 118 cm³/mol. The van der Waals surface area contributed by atoms with E-state index in [0.29, 0.717) is 30.3 Å². The molecule has 28 heavy (non-hydrogen) atoms. The second-order valence-corrected chi connectivity index (χ2v) is 8.37. The third kappa shape index (κ3) is 5.02. The molecule has 5 nitrogen and oxygen atoms in total. The number of nitrogens with zero attached hydrogens (tertiary/aromatic N) is 2. The van der Waals surface area contributed by atoms with Crippen LogP contribution in [0.15, 0.2) is 47.5 Å². The van der Waals surface area contributed by atoms with Crippen LogP contribution in [0.5, 0.6) is 11.5 Å².